The third-order valence-electron chi connectivity index (χ3n) is 3.42. The number of carbonyl (C=O) groups excluding carboxylic acids is 1. The van der Waals surface area contributed by atoms with E-state index in [1.54, 1.807) is 12.1 Å². The van der Waals surface area contributed by atoms with Crippen molar-refractivity contribution >= 4 is 23.3 Å². The molecular weight excluding hydrogens is 308 g/mol. The second-order valence-electron chi connectivity index (χ2n) is 5.15. The monoisotopic (exact) mass is 322 g/mol. The van der Waals surface area contributed by atoms with Crippen molar-refractivity contribution in [3.05, 3.63) is 83.5 Å². The Hall–Kier alpha value is -2.65. The van der Waals surface area contributed by atoms with Crippen LogP contribution in [0.15, 0.2) is 72.9 Å². The minimum absolute atomic E-state index is 0.104. The quantitative estimate of drug-likeness (QED) is 0.763. The van der Waals surface area contributed by atoms with Crippen LogP contribution in [0.2, 0.25) is 5.02 Å². The normalized spacial score (nSPS) is 10.3. The van der Waals surface area contributed by atoms with E-state index >= 15 is 0 Å². The summed E-state index contributed by atoms with van der Waals surface area (Å²) < 4.78 is 0. The molecule has 1 heterocycles. The van der Waals surface area contributed by atoms with Gasteiger partial charge in [0.2, 0.25) is 5.91 Å². The number of benzene rings is 2. The van der Waals surface area contributed by atoms with Crippen LogP contribution in [0.1, 0.15) is 5.56 Å². The lowest BCUT2D eigenvalue weighted by Gasteiger charge is -2.06. The first kappa shape index (κ1) is 15.3. The highest BCUT2D eigenvalue weighted by Crippen LogP contribution is 2.19. The summed E-state index contributed by atoms with van der Waals surface area (Å²) in [7, 11) is 0. The van der Waals surface area contributed by atoms with Crippen LogP contribution < -0.4 is 5.32 Å². The van der Waals surface area contributed by atoms with Crippen molar-refractivity contribution < 1.29 is 4.79 Å². The minimum atomic E-state index is -0.104. The number of pyridine rings is 1. The lowest BCUT2D eigenvalue weighted by atomic mass is 10.0. The van der Waals surface area contributed by atoms with Crippen LogP contribution in [0.3, 0.4) is 0 Å². The maximum atomic E-state index is 12.0. The van der Waals surface area contributed by atoms with Crippen LogP contribution >= 0.6 is 11.6 Å². The highest BCUT2D eigenvalue weighted by molar-refractivity contribution is 6.30. The Balaban J connectivity index is 1.64. The molecule has 0 saturated heterocycles. The number of aromatic nitrogens is 1. The predicted octanol–water partition coefficient (Wildman–Crippen LogP) is 4.58. The van der Waals surface area contributed by atoms with E-state index in [4.69, 9.17) is 11.6 Å². The molecule has 0 unspecified atom stereocenters. The molecule has 0 aliphatic heterocycles. The molecule has 3 rings (SSSR count). The fourth-order valence-electron chi connectivity index (χ4n) is 2.27. The summed E-state index contributed by atoms with van der Waals surface area (Å²) >= 11 is 5.77. The van der Waals surface area contributed by atoms with Gasteiger partial charge in [-0.2, -0.15) is 0 Å². The van der Waals surface area contributed by atoms with Crippen molar-refractivity contribution in [2.75, 3.05) is 5.32 Å². The Bertz CT molecular complexity index is 784. The number of carbonyl (C=O) groups is 1. The molecule has 3 aromatic rings. The van der Waals surface area contributed by atoms with Gasteiger partial charge in [0.15, 0.2) is 0 Å². The molecule has 1 aromatic heterocycles. The standard InChI is InChI=1S/C19H15ClN2O/c20-17-10-11-18(21-13-17)22-19(23)12-14-6-8-16(9-7-14)15-4-2-1-3-5-15/h1-11,13H,12H2,(H,21,22,23). The molecule has 3 nitrogen and oxygen atoms in total. The lowest BCUT2D eigenvalue weighted by Crippen LogP contribution is -2.15. The fraction of sp³-hybridized carbons (Fsp3) is 0.0526. The molecule has 4 heteroatoms. The summed E-state index contributed by atoms with van der Waals surface area (Å²) in [4.78, 5) is 16.1. The molecule has 0 aliphatic rings. The molecule has 0 bridgehead atoms. The smallest absolute Gasteiger partial charge is 0.229 e. The Morgan fingerprint density at radius 3 is 2.26 bits per heavy atom. The van der Waals surface area contributed by atoms with Crippen LogP contribution in [-0.4, -0.2) is 10.9 Å². The van der Waals surface area contributed by atoms with Crippen LogP contribution in [0.5, 0.6) is 0 Å². The zero-order valence-corrected chi connectivity index (χ0v) is 13.1. The predicted molar refractivity (Wildman–Crippen MR) is 93.5 cm³/mol. The van der Waals surface area contributed by atoms with Crippen LogP contribution in [0.4, 0.5) is 5.82 Å². The number of hydrogen-bond acceptors (Lipinski definition) is 2. The first-order chi connectivity index (χ1) is 11.2. The fourth-order valence-corrected chi connectivity index (χ4v) is 2.38. The Labute approximate surface area is 140 Å². The van der Waals surface area contributed by atoms with E-state index in [1.165, 1.54) is 6.20 Å². The highest BCUT2D eigenvalue weighted by Gasteiger charge is 2.05. The molecule has 1 N–H and O–H groups in total. The van der Waals surface area contributed by atoms with E-state index in [1.807, 2.05) is 42.5 Å². The molecule has 0 aliphatic carbocycles. The SMILES string of the molecule is O=C(Cc1ccc(-c2ccccc2)cc1)Nc1ccc(Cl)cn1. The average molecular weight is 323 g/mol. The zero-order valence-electron chi connectivity index (χ0n) is 12.4. The number of amides is 1. The minimum Gasteiger partial charge on any atom is -0.310 e. The summed E-state index contributed by atoms with van der Waals surface area (Å²) in [5.41, 5.74) is 3.25. The van der Waals surface area contributed by atoms with Gasteiger partial charge in [-0.15, -0.1) is 0 Å². The van der Waals surface area contributed by atoms with Crippen molar-refractivity contribution in [2.45, 2.75) is 6.42 Å². The van der Waals surface area contributed by atoms with Gasteiger partial charge in [0, 0.05) is 6.20 Å². The maximum Gasteiger partial charge on any atom is 0.229 e. The largest absolute Gasteiger partial charge is 0.310 e. The summed E-state index contributed by atoms with van der Waals surface area (Å²) in [5.74, 6) is 0.396. The Morgan fingerprint density at radius 2 is 1.61 bits per heavy atom. The van der Waals surface area contributed by atoms with Crippen molar-refractivity contribution in [1.29, 1.82) is 0 Å². The van der Waals surface area contributed by atoms with Crippen molar-refractivity contribution in [3.63, 3.8) is 0 Å². The van der Waals surface area contributed by atoms with E-state index in [-0.39, 0.29) is 5.91 Å². The van der Waals surface area contributed by atoms with E-state index in [2.05, 4.69) is 22.4 Å². The van der Waals surface area contributed by atoms with Gasteiger partial charge in [-0.05, 0) is 28.8 Å². The molecule has 1 amide bonds. The molecule has 23 heavy (non-hydrogen) atoms. The van der Waals surface area contributed by atoms with Crippen LogP contribution in [0, 0.1) is 0 Å². The van der Waals surface area contributed by atoms with Gasteiger partial charge in [-0.1, -0.05) is 66.2 Å². The number of nitrogens with one attached hydrogen (secondary N) is 1. The molecule has 2 aromatic carbocycles. The van der Waals surface area contributed by atoms with E-state index in [9.17, 15) is 4.79 Å². The summed E-state index contributed by atoms with van der Waals surface area (Å²) in [6.07, 6.45) is 1.81. The summed E-state index contributed by atoms with van der Waals surface area (Å²) in [6, 6.07) is 21.5. The van der Waals surface area contributed by atoms with Gasteiger partial charge in [0.25, 0.3) is 0 Å². The summed E-state index contributed by atoms with van der Waals surface area (Å²) in [5, 5.41) is 3.30. The topological polar surface area (TPSA) is 42.0 Å². The van der Waals surface area contributed by atoms with E-state index in [0.29, 0.717) is 17.3 Å². The molecule has 0 spiro atoms. The maximum absolute atomic E-state index is 12.0. The van der Waals surface area contributed by atoms with Crippen molar-refractivity contribution in [2.24, 2.45) is 0 Å². The summed E-state index contributed by atoms with van der Waals surface area (Å²) in [6.45, 7) is 0. The van der Waals surface area contributed by atoms with Gasteiger partial charge < -0.3 is 5.32 Å². The number of nitrogens with zero attached hydrogens (tertiary/aromatic N) is 1. The van der Waals surface area contributed by atoms with Gasteiger partial charge in [-0.3, -0.25) is 4.79 Å². The number of hydrogen-bond donors (Lipinski definition) is 1. The Morgan fingerprint density at radius 1 is 0.913 bits per heavy atom. The van der Waals surface area contributed by atoms with E-state index < -0.39 is 0 Å². The molecule has 0 fully saturated rings. The van der Waals surface area contributed by atoms with Crippen molar-refractivity contribution in [1.82, 2.24) is 4.98 Å². The van der Waals surface area contributed by atoms with Gasteiger partial charge >= 0.3 is 0 Å². The third kappa shape index (κ3) is 4.18. The lowest BCUT2D eigenvalue weighted by molar-refractivity contribution is -0.115. The Kier molecular flexibility index (Phi) is 4.69. The van der Waals surface area contributed by atoms with Gasteiger partial charge in [0.05, 0.1) is 11.4 Å². The molecule has 0 radical (unpaired) electrons. The second kappa shape index (κ2) is 7.07. The highest BCUT2D eigenvalue weighted by atomic mass is 35.5. The first-order valence-electron chi connectivity index (χ1n) is 7.26. The van der Waals surface area contributed by atoms with Gasteiger partial charge in [0.1, 0.15) is 5.82 Å². The average Bonchev–Trinajstić information content (AvgIpc) is 2.58. The number of rotatable bonds is 4. The third-order valence-corrected chi connectivity index (χ3v) is 3.64. The molecule has 0 saturated carbocycles. The van der Waals surface area contributed by atoms with Crippen LogP contribution in [0.25, 0.3) is 11.1 Å². The first-order valence-corrected chi connectivity index (χ1v) is 7.64. The molecule has 0 atom stereocenters. The number of anilines is 1. The molecular formula is C19H15ClN2O. The van der Waals surface area contributed by atoms with Crippen molar-refractivity contribution in [3.8, 4) is 11.1 Å². The van der Waals surface area contributed by atoms with E-state index in [0.717, 1.165) is 16.7 Å². The zero-order chi connectivity index (χ0) is 16.1. The number of halogens is 1. The van der Waals surface area contributed by atoms with Crippen LogP contribution in [-0.2, 0) is 11.2 Å². The second-order valence-corrected chi connectivity index (χ2v) is 5.59. The van der Waals surface area contributed by atoms with Gasteiger partial charge in [-0.25, -0.2) is 4.98 Å². The molecule has 114 valence electrons.